The fourth-order valence-electron chi connectivity index (χ4n) is 2.99. The van der Waals surface area contributed by atoms with E-state index in [-0.39, 0.29) is 5.91 Å². The van der Waals surface area contributed by atoms with Gasteiger partial charge in [0.25, 0.3) is 0 Å². The van der Waals surface area contributed by atoms with E-state index in [1.807, 2.05) is 19.1 Å². The number of fused-ring (bicyclic) bond motifs is 1. The molecule has 0 aliphatic carbocycles. The molecule has 0 fully saturated rings. The smallest absolute Gasteiger partial charge is 0.224 e. The van der Waals surface area contributed by atoms with E-state index in [0.717, 1.165) is 25.1 Å². The zero-order chi connectivity index (χ0) is 15.5. The summed E-state index contributed by atoms with van der Waals surface area (Å²) in [7, 11) is 1.79. The number of amides is 1. The number of nitrogens with zero attached hydrogens (tertiary/aromatic N) is 1. The van der Waals surface area contributed by atoms with Crippen LogP contribution in [0, 0.1) is 0 Å². The molecule has 1 aliphatic heterocycles. The van der Waals surface area contributed by atoms with Gasteiger partial charge in [-0.1, -0.05) is 19.1 Å². The molecule has 0 radical (unpaired) electrons. The van der Waals surface area contributed by atoms with Crippen molar-refractivity contribution in [1.29, 1.82) is 0 Å². The van der Waals surface area contributed by atoms with Gasteiger partial charge < -0.3 is 14.6 Å². The van der Waals surface area contributed by atoms with Gasteiger partial charge in [-0.05, 0) is 36.2 Å². The average Bonchev–Trinajstić information content (AvgIpc) is 2.98. The third kappa shape index (κ3) is 2.92. The molecular formula is C18H22N2O2. The molecule has 0 spiro atoms. The van der Waals surface area contributed by atoms with Gasteiger partial charge in [-0.2, -0.15) is 0 Å². The molecule has 0 bridgehead atoms. The van der Waals surface area contributed by atoms with Gasteiger partial charge in [0.15, 0.2) is 0 Å². The number of carbonyl (C=O) groups excluding carboxylic acids is 1. The van der Waals surface area contributed by atoms with Gasteiger partial charge in [-0.25, -0.2) is 0 Å². The molecule has 1 aliphatic rings. The molecule has 2 heterocycles. The Bertz CT molecular complexity index is 658. The van der Waals surface area contributed by atoms with E-state index in [1.165, 1.54) is 17.0 Å². The number of hydrogen-bond donors (Lipinski definition) is 1. The van der Waals surface area contributed by atoms with Crippen molar-refractivity contribution in [3.63, 3.8) is 0 Å². The summed E-state index contributed by atoms with van der Waals surface area (Å²) in [6.07, 6.45) is 2.85. The molecule has 4 nitrogen and oxygen atoms in total. The largest absolute Gasteiger partial charge is 0.381 e. The van der Waals surface area contributed by atoms with Crippen LogP contribution in [0.3, 0.4) is 0 Å². The van der Waals surface area contributed by atoms with Crippen LogP contribution < -0.4 is 5.32 Å². The van der Waals surface area contributed by atoms with E-state index in [9.17, 15) is 4.79 Å². The fraction of sp³-hybridized carbons (Fsp3) is 0.389. The summed E-state index contributed by atoms with van der Waals surface area (Å²) >= 11 is 0. The molecule has 22 heavy (non-hydrogen) atoms. The second-order valence-corrected chi connectivity index (χ2v) is 5.69. The van der Waals surface area contributed by atoms with Gasteiger partial charge in [0.1, 0.15) is 0 Å². The first-order chi connectivity index (χ1) is 10.7. The Labute approximate surface area is 131 Å². The summed E-state index contributed by atoms with van der Waals surface area (Å²) in [5, 5.41) is 2.88. The predicted molar refractivity (Wildman–Crippen MR) is 87.9 cm³/mol. The van der Waals surface area contributed by atoms with Crippen molar-refractivity contribution >= 4 is 11.6 Å². The van der Waals surface area contributed by atoms with Gasteiger partial charge in [-0.3, -0.25) is 4.79 Å². The second kappa shape index (κ2) is 6.36. The monoisotopic (exact) mass is 298 g/mol. The Kier molecular flexibility index (Phi) is 4.29. The lowest BCUT2D eigenvalue weighted by Gasteiger charge is -2.24. The predicted octanol–water partition coefficient (Wildman–Crippen LogP) is 3.46. The molecule has 2 aromatic rings. The van der Waals surface area contributed by atoms with Gasteiger partial charge in [0.05, 0.1) is 6.10 Å². The Hall–Kier alpha value is -2.07. The van der Waals surface area contributed by atoms with Gasteiger partial charge >= 0.3 is 0 Å². The quantitative estimate of drug-likeness (QED) is 0.939. The molecule has 1 unspecified atom stereocenters. The molecule has 1 atom stereocenters. The number of rotatable bonds is 4. The molecule has 3 rings (SSSR count). The molecule has 0 saturated heterocycles. The van der Waals surface area contributed by atoms with Crippen molar-refractivity contribution in [3.05, 3.63) is 42.1 Å². The lowest BCUT2D eigenvalue weighted by molar-refractivity contribution is -0.115. The summed E-state index contributed by atoms with van der Waals surface area (Å²) in [6.45, 7) is 2.84. The summed E-state index contributed by atoms with van der Waals surface area (Å²) in [4.78, 5) is 11.4. The van der Waals surface area contributed by atoms with Gasteiger partial charge in [-0.15, -0.1) is 0 Å². The summed E-state index contributed by atoms with van der Waals surface area (Å²) in [5.74, 6) is 0.0402. The van der Waals surface area contributed by atoms with E-state index in [1.54, 1.807) is 7.11 Å². The first kappa shape index (κ1) is 14.9. The second-order valence-electron chi connectivity index (χ2n) is 5.69. The standard InChI is InChI=1S/C18H22N2O2/c1-3-18(21)19-14-6-4-13(5-7-14)17-9-8-15-12-16(22-2)10-11-20(15)17/h4-9,16H,3,10-12H2,1-2H3,(H,19,21). The Morgan fingerprint density at radius 1 is 1.27 bits per heavy atom. The molecule has 1 amide bonds. The van der Waals surface area contributed by atoms with Crippen LogP contribution in [0.4, 0.5) is 5.69 Å². The van der Waals surface area contributed by atoms with Crippen molar-refractivity contribution in [2.45, 2.75) is 38.8 Å². The van der Waals surface area contributed by atoms with Crippen LogP contribution in [0.2, 0.25) is 0 Å². The van der Waals surface area contributed by atoms with Crippen molar-refractivity contribution in [2.75, 3.05) is 12.4 Å². The van der Waals surface area contributed by atoms with Crippen LogP contribution in [0.5, 0.6) is 0 Å². The number of aromatic nitrogens is 1. The zero-order valence-electron chi connectivity index (χ0n) is 13.1. The van der Waals surface area contributed by atoms with Crippen LogP contribution in [-0.2, 0) is 22.5 Å². The molecule has 1 aromatic heterocycles. The Morgan fingerprint density at radius 2 is 2.05 bits per heavy atom. The van der Waals surface area contributed by atoms with E-state index >= 15 is 0 Å². The van der Waals surface area contributed by atoms with E-state index in [4.69, 9.17) is 4.74 Å². The maximum absolute atomic E-state index is 11.4. The molecule has 4 heteroatoms. The maximum Gasteiger partial charge on any atom is 0.224 e. The van der Waals surface area contributed by atoms with Crippen LogP contribution in [-0.4, -0.2) is 23.7 Å². The minimum absolute atomic E-state index is 0.0402. The highest BCUT2D eigenvalue weighted by Crippen LogP contribution is 2.28. The summed E-state index contributed by atoms with van der Waals surface area (Å²) in [5.41, 5.74) is 4.59. The Balaban J connectivity index is 1.81. The Morgan fingerprint density at radius 3 is 2.73 bits per heavy atom. The van der Waals surface area contributed by atoms with Crippen molar-refractivity contribution in [1.82, 2.24) is 4.57 Å². The minimum Gasteiger partial charge on any atom is -0.381 e. The van der Waals surface area contributed by atoms with Gasteiger partial charge in [0.2, 0.25) is 5.91 Å². The molecule has 0 saturated carbocycles. The maximum atomic E-state index is 11.4. The third-order valence-electron chi connectivity index (χ3n) is 4.30. The molecule has 1 N–H and O–H groups in total. The van der Waals surface area contributed by atoms with Crippen molar-refractivity contribution < 1.29 is 9.53 Å². The highest BCUT2D eigenvalue weighted by Gasteiger charge is 2.20. The number of methoxy groups -OCH3 is 1. The number of anilines is 1. The first-order valence-corrected chi connectivity index (χ1v) is 7.82. The first-order valence-electron chi connectivity index (χ1n) is 7.82. The highest BCUT2D eigenvalue weighted by molar-refractivity contribution is 5.90. The van der Waals surface area contributed by atoms with Crippen molar-refractivity contribution in [3.8, 4) is 11.3 Å². The number of nitrogens with one attached hydrogen (secondary N) is 1. The van der Waals surface area contributed by atoms with Crippen LogP contribution >= 0.6 is 0 Å². The lowest BCUT2D eigenvalue weighted by atomic mass is 10.1. The molecular weight excluding hydrogens is 276 g/mol. The summed E-state index contributed by atoms with van der Waals surface area (Å²) in [6, 6.07) is 12.4. The van der Waals surface area contributed by atoms with Crippen molar-refractivity contribution in [2.24, 2.45) is 0 Å². The number of carbonyl (C=O) groups is 1. The number of benzene rings is 1. The van der Waals surface area contributed by atoms with Crippen LogP contribution in [0.15, 0.2) is 36.4 Å². The topological polar surface area (TPSA) is 43.3 Å². The fourth-order valence-corrected chi connectivity index (χ4v) is 2.99. The normalized spacial score (nSPS) is 17.1. The van der Waals surface area contributed by atoms with E-state index in [2.05, 4.69) is 34.1 Å². The van der Waals surface area contributed by atoms with Crippen LogP contribution in [0.25, 0.3) is 11.3 Å². The van der Waals surface area contributed by atoms with E-state index in [0.29, 0.717) is 12.5 Å². The SMILES string of the molecule is CCC(=O)Nc1ccc(-c2ccc3n2CCC(OC)C3)cc1. The average molecular weight is 298 g/mol. The van der Waals surface area contributed by atoms with Crippen LogP contribution in [0.1, 0.15) is 25.5 Å². The zero-order valence-corrected chi connectivity index (χ0v) is 13.1. The molecule has 1 aromatic carbocycles. The third-order valence-corrected chi connectivity index (χ3v) is 4.30. The van der Waals surface area contributed by atoms with Gasteiger partial charge in [0, 0.05) is 43.6 Å². The lowest BCUT2D eigenvalue weighted by Crippen LogP contribution is -2.24. The number of ether oxygens (including phenoxy) is 1. The molecule has 116 valence electrons. The minimum atomic E-state index is 0.0402. The van der Waals surface area contributed by atoms with E-state index < -0.39 is 0 Å². The summed E-state index contributed by atoms with van der Waals surface area (Å²) < 4.78 is 7.84. The highest BCUT2D eigenvalue weighted by atomic mass is 16.5. The number of hydrogen-bond acceptors (Lipinski definition) is 2.